The summed E-state index contributed by atoms with van der Waals surface area (Å²) in [6, 6.07) is 10.7. The van der Waals surface area contributed by atoms with Gasteiger partial charge in [-0.15, -0.1) is 35.7 Å². The minimum atomic E-state index is -0.200. The van der Waals surface area contributed by atoms with E-state index < -0.39 is 0 Å². The Morgan fingerprint density at radius 1 is 1.29 bits per heavy atom. The van der Waals surface area contributed by atoms with Crippen LogP contribution >= 0.6 is 35.7 Å². The average Bonchev–Trinajstić information content (AvgIpc) is 3.11. The van der Waals surface area contributed by atoms with E-state index in [0.29, 0.717) is 12.3 Å². The van der Waals surface area contributed by atoms with Gasteiger partial charge in [0.1, 0.15) is 0 Å². The molecule has 5 nitrogen and oxygen atoms in total. The molecule has 7 heteroatoms. The maximum atomic E-state index is 11.3. The number of nitrogens with zero attached hydrogens (tertiary/aromatic N) is 2. The minimum absolute atomic E-state index is 0. The second kappa shape index (κ2) is 11.3. The van der Waals surface area contributed by atoms with Gasteiger partial charge in [-0.3, -0.25) is 9.79 Å². The van der Waals surface area contributed by atoms with Crippen LogP contribution in [0.4, 0.5) is 0 Å². The summed E-state index contributed by atoms with van der Waals surface area (Å²) < 4.78 is 0.236. The van der Waals surface area contributed by atoms with E-state index in [1.54, 1.807) is 0 Å². The summed E-state index contributed by atoms with van der Waals surface area (Å²) >= 11 is 2.01. The number of carbonyl (C=O) groups is 1. The molecule has 0 radical (unpaired) electrons. The molecule has 1 atom stereocenters. The van der Waals surface area contributed by atoms with E-state index in [1.165, 1.54) is 30.6 Å². The van der Waals surface area contributed by atoms with Crippen LogP contribution in [-0.2, 0) is 4.79 Å². The van der Waals surface area contributed by atoms with E-state index in [0.717, 1.165) is 38.4 Å². The van der Waals surface area contributed by atoms with Crippen molar-refractivity contribution in [3.8, 4) is 0 Å². The zero-order valence-corrected chi connectivity index (χ0v) is 19.9. The monoisotopic (exact) mass is 516 g/mol. The minimum Gasteiger partial charge on any atom is -0.370 e. The lowest BCUT2D eigenvalue weighted by molar-refractivity contribution is -0.119. The van der Waals surface area contributed by atoms with Crippen molar-refractivity contribution in [1.29, 1.82) is 0 Å². The Kier molecular flexibility index (Phi) is 9.40. The van der Waals surface area contributed by atoms with Gasteiger partial charge in [0.15, 0.2) is 5.96 Å². The van der Waals surface area contributed by atoms with E-state index in [1.807, 2.05) is 18.8 Å². The zero-order chi connectivity index (χ0) is 19.1. The first-order valence-corrected chi connectivity index (χ1v) is 10.9. The standard InChI is InChI=1S/C21H32N4OS.HI/c1-23-20(25-13-7-8-17(15-25)14-19(22)26)24-16-21(11-5-6-12-21)27-18-9-3-2-4-10-18;/h2-4,9-10,17H,5-8,11-16H2,1H3,(H2,22,26)(H,23,24);1H. The number of primary amides is 1. The molecule has 28 heavy (non-hydrogen) atoms. The van der Waals surface area contributed by atoms with Gasteiger partial charge in [0.2, 0.25) is 5.91 Å². The molecule has 1 saturated heterocycles. The lowest BCUT2D eigenvalue weighted by Crippen LogP contribution is -2.50. The summed E-state index contributed by atoms with van der Waals surface area (Å²) in [7, 11) is 1.85. The molecule has 3 rings (SSSR count). The predicted molar refractivity (Wildman–Crippen MR) is 128 cm³/mol. The number of hydrogen-bond donors (Lipinski definition) is 2. The largest absolute Gasteiger partial charge is 0.370 e. The SMILES string of the molecule is CN=C(NCC1(Sc2ccccc2)CCCC1)N1CCCC(CC(N)=O)C1.I. The molecule has 1 aromatic carbocycles. The molecule has 1 aliphatic heterocycles. The van der Waals surface area contributed by atoms with Crippen LogP contribution in [0.25, 0.3) is 0 Å². The van der Waals surface area contributed by atoms with Crippen LogP contribution in [0.3, 0.4) is 0 Å². The summed E-state index contributed by atoms with van der Waals surface area (Å²) in [6.07, 6.45) is 7.70. The summed E-state index contributed by atoms with van der Waals surface area (Å²) in [6.45, 7) is 2.78. The highest BCUT2D eigenvalue weighted by Gasteiger charge is 2.35. The van der Waals surface area contributed by atoms with Crippen LogP contribution in [0.2, 0.25) is 0 Å². The predicted octanol–water partition coefficient (Wildman–Crippen LogP) is 3.87. The molecule has 1 aromatic rings. The molecule has 1 aliphatic carbocycles. The van der Waals surface area contributed by atoms with Crippen LogP contribution in [-0.4, -0.2) is 48.2 Å². The first-order chi connectivity index (χ1) is 13.1. The molecule has 1 unspecified atom stereocenters. The highest BCUT2D eigenvalue weighted by atomic mass is 127. The molecular formula is C21H33IN4OS. The van der Waals surface area contributed by atoms with E-state index in [9.17, 15) is 4.79 Å². The van der Waals surface area contributed by atoms with Crippen molar-refractivity contribution in [3.63, 3.8) is 0 Å². The summed E-state index contributed by atoms with van der Waals surface area (Å²) in [5.74, 6) is 1.10. The number of halogens is 1. The zero-order valence-electron chi connectivity index (χ0n) is 16.7. The number of amides is 1. The van der Waals surface area contributed by atoms with Crippen LogP contribution in [0, 0.1) is 5.92 Å². The van der Waals surface area contributed by atoms with Gasteiger partial charge in [0.25, 0.3) is 0 Å². The Bertz CT molecular complexity index is 649. The quantitative estimate of drug-likeness (QED) is 0.342. The van der Waals surface area contributed by atoms with Gasteiger partial charge in [-0.05, 0) is 43.7 Å². The number of hydrogen-bond acceptors (Lipinski definition) is 3. The van der Waals surface area contributed by atoms with Crippen molar-refractivity contribution in [2.24, 2.45) is 16.6 Å². The number of nitrogens with one attached hydrogen (secondary N) is 1. The fourth-order valence-corrected chi connectivity index (χ4v) is 5.78. The molecule has 3 N–H and O–H groups in total. The maximum Gasteiger partial charge on any atom is 0.217 e. The molecule has 1 saturated carbocycles. The molecule has 2 fully saturated rings. The number of rotatable bonds is 6. The molecule has 0 spiro atoms. The van der Waals surface area contributed by atoms with E-state index in [4.69, 9.17) is 5.73 Å². The number of benzene rings is 1. The van der Waals surface area contributed by atoms with E-state index in [2.05, 4.69) is 45.5 Å². The normalized spacial score (nSPS) is 21.8. The Hall–Kier alpha value is -0.960. The van der Waals surface area contributed by atoms with Crippen LogP contribution in [0.5, 0.6) is 0 Å². The van der Waals surface area contributed by atoms with Gasteiger partial charge in [-0.25, -0.2) is 0 Å². The molecule has 1 heterocycles. The van der Waals surface area contributed by atoms with E-state index >= 15 is 0 Å². The topological polar surface area (TPSA) is 70.7 Å². The highest BCUT2D eigenvalue weighted by Crippen LogP contribution is 2.44. The third kappa shape index (κ3) is 6.54. The number of nitrogens with two attached hydrogens (primary N) is 1. The lowest BCUT2D eigenvalue weighted by Gasteiger charge is -2.36. The third-order valence-electron chi connectivity index (χ3n) is 5.68. The fraction of sp³-hybridized carbons (Fsp3) is 0.619. The van der Waals surface area contributed by atoms with Crippen LogP contribution < -0.4 is 11.1 Å². The first kappa shape index (κ1) is 23.3. The van der Waals surface area contributed by atoms with Crippen molar-refractivity contribution in [2.45, 2.75) is 54.6 Å². The summed E-state index contributed by atoms with van der Waals surface area (Å²) in [5.41, 5.74) is 5.40. The fourth-order valence-electron chi connectivity index (χ4n) is 4.35. The average molecular weight is 516 g/mol. The highest BCUT2D eigenvalue weighted by molar-refractivity contribution is 14.0. The van der Waals surface area contributed by atoms with Crippen molar-refractivity contribution < 1.29 is 4.79 Å². The number of carbonyl (C=O) groups excluding carboxylic acids is 1. The molecule has 0 aromatic heterocycles. The van der Waals surface area contributed by atoms with Crippen molar-refractivity contribution in [2.75, 3.05) is 26.7 Å². The molecule has 0 bridgehead atoms. The Morgan fingerprint density at radius 2 is 2.00 bits per heavy atom. The van der Waals surface area contributed by atoms with Crippen molar-refractivity contribution in [1.82, 2.24) is 10.2 Å². The van der Waals surface area contributed by atoms with Gasteiger partial charge >= 0.3 is 0 Å². The van der Waals surface area contributed by atoms with Gasteiger partial charge in [-0.2, -0.15) is 0 Å². The number of likely N-dealkylation sites (tertiary alicyclic amines) is 1. The number of thioether (sulfide) groups is 1. The number of guanidine groups is 1. The number of aliphatic imine (C=N–C) groups is 1. The molecule has 156 valence electrons. The summed E-state index contributed by atoms with van der Waals surface area (Å²) in [4.78, 5) is 19.5. The molecule has 1 amide bonds. The lowest BCUT2D eigenvalue weighted by atomic mass is 9.95. The maximum absolute atomic E-state index is 11.3. The Labute approximate surface area is 190 Å². The van der Waals surface area contributed by atoms with Crippen LogP contribution in [0.15, 0.2) is 40.2 Å². The first-order valence-electron chi connectivity index (χ1n) is 10.1. The third-order valence-corrected chi connectivity index (χ3v) is 7.17. The van der Waals surface area contributed by atoms with Gasteiger partial charge in [0.05, 0.1) is 0 Å². The second-order valence-electron chi connectivity index (χ2n) is 7.83. The Morgan fingerprint density at radius 3 is 2.64 bits per heavy atom. The molecule has 2 aliphatic rings. The van der Waals surface area contributed by atoms with E-state index in [-0.39, 0.29) is 34.6 Å². The Balaban J connectivity index is 0.00000280. The van der Waals surface area contributed by atoms with Crippen LogP contribution in [0.1, 0.15) is 44.9 Å². The van der Waals surface area contributed by atoms with Gasteiger partial charge in [-0.1, -0.05) is 31.0 Å². The number of piperidine rings is 1. The van der Waals surface area contributed by atoms with Gasteiger partial charge in [0, 0.05) is 42.7 Å². The van der Waals surface area contributed by atoms with Crippen molar-refractivity contribution in [3.05, 3.63) is 30.3 Å². The smallest absolute Gasteiger partial charge is 0.217 e. The summed E-state index contributed by atoms with van der Waals surface area (Å²) in [5, 5.41) is 3.65. The van der Waals surface area contributed by atoms with Gasteiger partial charge < -0.3 is 16.0 Å². The second-order valence-corrected chi connectivity index (χ2v) is 9.37. The molecular weight excluding hydrogens is 483 g/mol. The van der Waals surface area contributed by atoms with Crippen molar-refractivity contribution >= 4 is 47.6 Å².